The van der Waals surface area contributed by atoms with Crippen LogP contribution < -0.4 is 0 Å². The van der Waals surface area contributed by atoms with Crippen LogP contribution in [-0.4, -0.2) is 22.3 Å². The van der Waals surface area contributed by atoms with Gasteiger partial charge in [-0.15, -0.1) is 0 Å². The van der Waals surface area contributed by atoms with Crippen molar-refractivity contribution in [2.24, 2.45) is 41.4 Å². The first-order valence-electron chi connectivity index (χ1n) is 10.7. The quantitative estimate of drug-likeness (QED) is 0.368. The van der Waals surface area contributed by atoms with Crippen LogP contribution in [0.1, 0.15) is 60.3 Å². The Balaban J connectivity index is 2.39. The summed E-state index contributed by atoms with van der Waals surface area (Å²) in [6.07, 6.45) is 13.4. The maximum Gasteiger partial charge on any atom is 0.328 e. The number of allylic oxidation sites excluding steroid dienone is 5. The van der Waals surface area contributed by atoms with Crippen molar-refractivity contribution in [3.63, 3.8) is 0 Å². The predicted octanol–water partition coefficient (Wildman–Crippen LogP) is 5.47. The molecule has 2 aliphatic rings. The van der Waals surface area contributed by atoms with Crippen LogP contribution in [0.25, 0.3) is 0 Å². The van der Waals surface area contributed by atoms with Crippen LogP contribution in [0.15, 0.2) is 36.0 Å². The third kappa shape index (κ3) is 5.34. The van der Waals surface area contributed by atoms with Gasteiger partial charge < -0.3 is 10.2 Å². The largest absolute Gasteiger partial charge is 0.478 e. The van der Waals surface area contributed by atoms with Gasteiger partial charge in [0.1, 0.15) is 0 Å². The molecule has 0 aliphatic heterocycles. The van der Waals surface area contributed by atoms with Crippen molar-refractivity contribution in [1.82, 2.24) is 0 Å². The Morgan fingerprint density at radius 3 is 2.52 bits per heavy atom. The molecule has 1 unspecified atom stereocenters. The van der Waals surface area contributed by atoms with Crippen molar-refractivity contribution < 1.29 is 15.0 Å². The van der Waals surface area contributed by atoms with Crippen molar-refractivity contribution in [3.8, 4) is 0 Å². The third-order valence-corrected chi connectivity index (χ3v) is 7.08. The van der Waals surface area contributed by atoms with Gasteiger partial charge in [0.15, 0.2) is 0 Å². The molecule has 27 heavy (non-hydrogen) atoms. The van der Waals surface area contributed by atoms with E-state index in [1.165, 1.54) is 11.6 Å². The van der Waals surface area contributed by atoms with Gasteiger partial charge >= 0.3 is 5.97 Å². The van der Waals surface area contributed by atoms with Gasteiger partial charge in [-0.1, -0.05) is 64.0 Å². The second-order valence-electron chi connectivity index (χ2n) is 9.06. The second-order valence-corrected chi connectivity index (χ2v) is 9.06. The van der Waals surface area contributed by atoms with E-state index in [0.717, 1.165) is 25.7 Å². The molecule has 2 N–H and O–H groups in total. The minimum atomic E-state index is -0.916. The smallest absolute Gasteiger partial charge is 0.328 e. The normalized spacial score (nSPS) is 38.9. The summed E-state index contributed by atoms with van der Waals surface area (Å²) in [5, 5.41) is 19.5. The highest BCUT2D eigenvalue weighted by Gasteiger charge is 2.48. The fourth-order valence-electron chi connectivity index (χ4n) is 5.70. The van der Waals surface area contributed by atoms with E-state index < -0.39 is 5.97 Å². The molecule has 3 nitrogen and oxygen atoms in total. The first-order valence-corrected chi connectivity index (χ1v) is 10.7. The van der Waals surface area contributed by atoms with E-state index >= 15 is 0 Å². The van der Waals surface area contributed by atoms with Crippen LogP contribution in [0.2, 0.25) is 0 Å². The lowest BCUT2D eigenvalue weighted by Gasteiger charge is -2.52. The van der Waals surface area contributed by atoms with Gasteiger partial charge in [0.05, 0.1) is 6.10 Å². The van der Waals surface area contributed by atoms with Gasteiger partial charge in [-0.3, -0.25) is 0 Å². The van der Waals surface area contributed by atoms with Gasteiger partial charge in [0.25, 0.3) is 0 Å². The lowest BCUT2D eigenvalue weighted by Crippen LogP contribution is -2.48. The Labute approximate surface area is 165 Å². The Hall–Kier alpha value is -1.35. The number of hydrogen-bond acceptors (Lipinski definition) is 2. The first kappa shape index (κ1) is 21.9. The lowest BCUT2D eigenvalue weighted by atomic mass is 9.53. The van der Waals surface area contributed by atoms with E-state index in [4.69, 9.17) is 5.11 Å². The summed E-state index contributed by atoms with van der Waals surface area (Å²) in [6, 6.07) is 0. The number of carboxylic acid groups (broad SMARTS) is 1. The Morgan fingerprint density at radius 1 is 1.19 bits per heavy atom. The molecule has 3 heteroatoms. The van der Waals surface area contributed by atoms with Gasteiger partial charge in [-0.25, -0.2) is 4.79 Å². The van der Waals surface area contributed by atoms with Gasteiger partial charge in [0.2, 0.25) is 0 Å². The van der Waals surface area contributed by atoms with Crippen LogP contribution >= 0.6 is 0 Å². The fraction of sp³-hybridized carbons (Fsp3) is 0.708. The number of carboxylic acids is 1. The average Bonchev–Trinajstić information content (AvgIpc) is 2.60. The molecule has 0 bridgehead atoms. The van der Waals surface area contributed by atoms with Crippen LogP contribution in [-0.2, 0) is 4.79 Å². The van der Waals surface area contributed by atoms with Crippen molar-refractivity contribution >= 4 is 5.97 Å². The number of fused-ring (bicyclic) bond motifs is 1. The van der Waals surface area contributed by atoms with Crippen molar-refractivity contribution in [2.75, 3.05) is 0 Å². The second kappa shape index (κ2) is 9.73. The van der Waals surface area contributed by atoms with Gasteiger partial charge in [0, 0.05) is 6.08 Å². The highest BCUT2D eigenvalue weighted by Crippen LogP contribution is 2.53. The van der Waals surface area contributed by atoms with Crippen LogP contribution in [0, 0.1) is 41.4 Å². The van der Waals surface area contributed by atoms with Gasteiger partial charge in [-0.05, 0) is 67.6 Å². The summed E-state index contributed by atoms with van der Waals surface area (Å²) in [5.74, 6) is 2.39. The van der Waals surface area contributed by atoms with Crippen molar-refractivity contribution in [1.29, 1.82) is 0 Å². The molecule has 0 radical (unpaired) electrons. The van der Waals surface area contributed by atoms with Crippen molar-refractivity contribution in [2.45, 2.75) is 66.4 Å². The highest BCUT2D eigenvalue weighted by atomic mass is 16.4. The molecule has 2 saturated carbocycles. The summed E-state index contributed by atoms with van der Waals surface area (Å²) >= 11 is 0. The number of aliphatic hydroxyl groups excluding tert-OH is 1. The molecule has 0 aromatic carbocycles. The summed E-state index contributed by atoms with van der Waals surface area (Å²) in [5.41, 5.74) is 1.46. The molecule has 152 valence electrons. The molecule has 2 fully saturated rings. The Morgan fingerprint density at radius 2 is 1.89 bits per heavy atom. The molecule has 0 saturated heterocycles. The molecule has 0 aromatic heterocycles. The average molecular weight is 375 g/mol. The monoisotopic (exact) mass is 374 g/mol. The SMILES string of the molecule is CCC(C)/C=C(\C)[C@H]1[C@@H](/C=C/C=C/C(=O)O)[C@H]2[C@@H](C[C@@H]1C)[C@@H](O)CC[C@@H]2C. The fourth-order valence-corrected chi connectivity index (χ4v) is 5.70. The molecule has 2 rings (SSSR count). The zero-order chi connectivity index (χ0) is 20.1. The van der Waals surface area contributed by atoms with Crippen LogP contribution in [0.5, 0.6) is 0 Å². The topological polar surface area (TPSA) is 57.5 Å². The van der Waals surface area contributed by atoms with Gasteiger partial charge in [-0.2, -0.15) is 0 Å². The Kier molecular flexibility index (Phi) is 7.91. The first-order chi connectivity index (χ1) is 12.8. The summed E-state index contributed by atoms with van der Waals surface area (Å²) in [4.78, 5) is 10.8. The number of aliphatic carboxylic acids is 1. The van der Waals surface area contributed by atoms with E-state index in [0.29, 0.717) is 41.4 Å². The maximum atomic E-state index is 10.8. The standard InChI is InChI=1S/C24H38O3/c1-6-15(2)13-17(4)23-18(5)14-20-21(25)12-11-16(3)24(20)19(23)9-7-8-10-22(26)27/h7-10,13,15-16,18-21,23-25H,6,11-12,14H2,1-5H3,(H,26,27)/b9-7+,10-8+,17-13+/t15?,16-,18-,19+,20-,21-,23+,24-/m0/s1. The third-order valence-electron chi connectivity index (χ3n) is 7.08. The molecule has 2 aliphatic carbocycles. The van der Waals surface area contributed by atoms with Crippen LogP contribution in [0.3, 0.4) is 0 Å². The minimum absolute atomic E-state index is 0.195. The molecule has 0 heterocycles. The molecular weight excluding hydrogens is 336 g/mol. The maximum absolute atomic E-state index is 10.8. The number of rotatable bonds is 6. The number of hydrogen-bond donors (Lipinski definition) is 2. The van der Waals surface area contributed by atoms with E-state index in [1.54, 1.807) is 6.08 Å². The molecule has 8 atom stereocenters. The molecule has 0 amide bonds. The van der Waals surface area contributed by atoms with E-state index in [1.807, 2.05) is 6.08 Å². The summed E-state index contributed by atoms with van der Waals surface area (Å²) < 4.78 is 0. The number of aliphatic hydroxyl groups is 1. The summed E-state index contributed by atoms with van der Waals surface area (Å²) in [7, 11) is 0. The van der Waals surface area contributed by atoms with Crippen LogP contribution in [0.4, 0.5) is 0 Å². The van der Waals surface area contributed by atoms with E-state index in [2.05, 4.69) is 46.8 Å². The zero-order valence-corrected chi connectivity index (χ0v) is 17.6. The molecule has 0 aromatic rings. The van der Waals surface area contributed by atoms with E-state index in [9.17, 15) is 9.90 Å². The number of carbonyl (C=O) groups is 1. The highest BCUT2D eigenvalue weighted by molar-refractivity contribution is 5.80. The summed E-state index contributed by atoms with van der Waals surface area (Å²) in [6.45, 7) is 11.4. The minimum Gasteiger partial charge on any atom is -0.478 e. The predicted molar refractivity (Wildman–Crippen MR) is 111 cm³/mol. The van der Waals surface area contributed by atoms with Crippen molar-refractivity contribution in [3.05, 3.63) is 36.0 Å². The van der Waals surface area contributed by atoms with E-state index in [-0.39, 0.29) is 6.10 Å². The Bertz CT molecular complexity index is 588. The zero-order valence-electron chi connectivity index (χ0n) is 17.6. The molecular formula is C24H38O3. The lowest BCUT2D eigenvalue weighted by molar-refractivity contribution is -0.131. The molecule has 0 spiro atoms.